The molecule has 1 aliphatic heterocycles. The summed E-state index contributed by atoms with van der Waals surface area (Å²) in [7, 11) is 2.86. The minimum absolute atomic E-state index is 0.128. The lowest BCUT2D eigenvalue weighted by molar-refractivity contribution is -0.123. The number of hydrogen-bond donors (Lipinski definition) is 1. The number of piperidine rings is 1. The van der Waals surface area contributed by atoms with Crippen LogP contribution in [0, 0.1) is 12.8 Å². The number of ketones is 1. The zero-order chi connectivity index (χ0) is 27.0. The molecule has 2 heterocycles. The molecule has 0 bridgehead atoms. The van der Waals surface area contributed by atoms with Crippen LogP contribution >= 0.6 is 0 Å². The van der Waals surface area contributed by atoms with E-state index in [0.717, 1.165) is 12.0 Å². The number of carbonyl (C=O) groups is 3. The van der Waals surface area contributed by atoms with Crippen LogP contribution in [0.3, 0.4) is 0 Å². The number of aromatic nitrogens is 1. The number of hydrogen-bond acceptors (Lipinski definition) is 7. The number of nitrogens with zero attached hydrogens (tertiary/aromatic N) is 4. The molecule has 1 saturated heterocycles. The number of carbonyl (C=O) groups excluding carboxylic acids is 3. The molecular formula is C27H27N5O6. The summed E-state index contributed by atoms with van der Waals surface area (Å²) in [6, 6.07) is 5.32. The summed E-state index contributed by atoms with van der Waals surface area (Å²) >= 11 is 0. The minimum Gasteiger partial charge on any atom is -0.493 e. The van der Waals surface area contributed by atoms with Crippen molar-refractivity contribution >= 4 is 23.7 Å². The van der Waals surface area contributed by atoms with E-state index in [0.29, 0.717) is 65.8 Å². The Bertz CT molecular complexity index is 1450. The summed E-state index contributed by atoms with van der Waals surface area (Å²) in [5, 5.41) is 3.49. The summed E-state index contributed by atoms with van der Waals surface area (Å²) in [6.45, 7) is 2.89. The number of azide groups is 1. The second-order valence-electron chi connectivity index (χ2n) is 9.48. The van der Waals surface area contributed by atoms with Crippen LogP contribution in [0.25, 0.3) is 16.5 Å². The number of ether oxygens (including phenoxy) is 3. The molecule has 5 rings (SSSR count). The highest BCUT2D eigenvalue weighted by Crippen LogP contribution is 2.67. The second-order valence-corrected chi connectivity index (χ2v) is 9.48. The molecular weight excluding hydrogens is 490 g/mol. The molecule has 1 spiro atoms. The van der Waals surface area contributed by atoms with Crippen molar-refractivity contribution in [2.75, 3.05) is 33.9 Å². The number of amides is 1. The van der Waals surface area contributed by atoms with Crippen molar-refractivity contribution < 1.29 is 28.6 Å². The Labute approximate surface area is 218 Å². The molecule has 0 unspecified atom stereocenters. The normalized spacial score (nSPS) is 20.7. The Balaban J connectivity index is 1.36. The molecule has 3 aliphatic rings. The predicted molar refractivity (Wildman–Crippen MR) is 137 cm³/mol. The van der Waals surface area contributed by atoms with E-state index in [1.807, 2.05) is 0 Å². The molecule has 1 amide bonds. The summed E-state index contributed by atoms with van der Waals surface area (Å²) in [4.78, 5) is 46.3. The summed E-state index contributed by atoms with van der Waals surface area (Å²) in [6.07, 6.45) is 6.00. The van der Waals surface area contributed by atoms with Gasteiger partial charge in [0.05, 0.1) is 32.1 Å². The van der Waals surface area contributed by atoms with E-state index >= 15 is 0 Å². The van der Waals surface area contributed by atoms with Crippen LogP contribution in [-0.4, -0.2) is 61.5 Å². The SMILES string of the molecule is COC(=O)c1c(C)[nH]c2c1[C@@]13C[C@@H]1CN(C(=O)C=Cc1ccc(OC)c(OCCCN=[N+]=[N-])c1)C3=CC2=O. The fourth-order valence-electron chi connectivity index (χ4n) is 5.61. The van der Waals surface area contributed by atoms with Gasteiger partial charge in [0.2, 0.25) is 5.78 Å². The van der Waals surface area contributed by atoms with Crippen LogP contribution in [0.2, 0.25) is 0 Å². The number of H-pyrrole nitrogens is 1. The first-order valence-corrected chi connectivity index (χ1v) is 12.2. The number of esters is 1. The predicted octanol–water partition coefficient (Wildman–Crippen LogP) is 4.09. The van der Waals surface area contributed by atoms with Crippen molar-refractivity contribution in [2.24, 2.45) is 11.0 Å². The average molecular weight is 518 g/mol. The van der Waals surface area contributed by atoms with Crippen molar-refractivity contribution in [3.05, 3.63) is 74.6 Å². The second kappa shape index (κ2) is 9.75. The van der Waals surface area contributed by atoms with Crippen LogP contribution in [0.4, 0.5) is 0 Å². The molecule has 2 atom stereocenters. The Morgan fingerprint density at radius 1 is 1.32 bits per heavy atom. The Hall–Kier alpha value is -4.50. The quantitative estimate of drug-likeness (QED) is 0.132. The largest absolute Gasteiger partial charge is 0.493 e. The fraction of sp³-hybridized carbons (Fsp3) is 0.370. The van der Waals surface area contributed by atoms with Crippen molar-refractivity contribution in [3.8, 4) is 11.5 Å². The summed E-state index contributed by atoms with van der Waals surface area (Å²) in [5.41, 5.74) is 11.3. The third-order valence-corrected chi connectivity index (χ3v) is 7.39. The van der Waals surface area contributed by atoms with Crippen LogP contribution in [0.5, 0.6) is 11.5 Å². The average Bonchev–Trinajstić information content (AvgIpc) is 3.36. The topological polar surface area (TPSA) is 147 Å². The highest BCUT2D eigenvalue weighted by Gasteiger charge is 2.68. The number of likely N-dealkylation sites (tertiary alicyclic amines) is 1. The molecule has 1 aromatic carbocycles. The lowest BCUT2D eigenvalue weighted by Crippen LogP contribution is -2.33. The van der Waals surface area contributed by atoms with Gasteiger partial charge in [0.1, 0.15) is 0 Å². The highest BCUT2D eigenvalue weighted by molar-refractivity contribution is 6.11. The molecule has 2 aliphatic carbocycles. The Morgan fingerprint density at radius 3 is 2.87 bits per heavy atom. The first kappa shape index (κ1) is 25.2. The van der Waals surface area contributed by atoms with Crippen molar-refractivity contribution in [2.45, 2.75) is 25.2 Å². The third-order valence-electron chi connectivity index (χ3n) is 7.39. The summed E-state index contributed by atoms with van der Waals surface area (Å²) in [5.74, 6) is 0.181. The van der Waals surface area contributed by atoms with Gasteiger partial charge in [-0.3, -0.25) is 9.59 Å². The number of allylic oxidation sites excluding steroid dienone is 2. The van der Waals surface area contributed by atoms with Crippen LogP contribution in [0.15, 0.2) is 41.2 Å². The van der Waals surface area contributed by atoms with Gasteiger partial charge in [-0.25, -0.2) is 4.79 Å². The van der Waals surface area contributed by atoms with E-state index < -0.39 is 11.4 Å². The number of methoxy groups -OCH3 is 2. The van der Waals surface area contributed by atoms with E-state index in [9.17, 15) is 14.4 Å². The number of benzene rings is 1. The van der Waals surface area contributed by atoms with E-state index in [1.165, 1.54) is 26.4 Å². The number of aromatic amines is 1. The Morgan fingerprint density at radius 2 is 2.13 bits per heavy atom. The zero-order valence-corrected chi connectivity index (χ0v) is 21.3. The van der Waals surface area contributed by atoms with Crippen LogP contribution in [0.1, 0.15) is 50.5 Å². The molecule has 1 N–H and O–H groups in total. The molecule has 0 radical (unpaired) electrons. The van der Waals surface area contributed by atoms with E-state index in [2.05, 4.69) is 15.0 Å². The van der Waals surface area contributed by atoms with E-state index in [-0.39, 0.29) is 17.6 Å². The molecule has 11 heteroatoms. The lowest BCUT2D eigenvalue weighted by atomic mass is 9.82. The number of nitrogens with one attached hydrogen (secondary N) is 1. The Kier molecular flexibility index (Phi) is 6.46. The van der Waals surface area contributed by atoms with Crippen LogP contribution < -0.4 is 9.47 Å². The van der Waals surface area contributed by atoms with Gasteiger partial charge < -0.3 is 24.1 Å². The summed E-state index contributed by atoms with van der Waals surface area (Å²) < 4.78 is 16.1. The van der Waals surface area contributed by atoms with Gasteiger partial charge >= 0.3 is 5.97 Å². The standard InChI is InChI=1S/C27H27N5O6/c1-15-23(26(35)37-3)24-25(30-15)18(33)12-21-27(24)13-17(27)14-32(21)22(34)8-6-16-5-7-19(36-2)20(11-16)38-10-4-9-29-31-28/h5-8,11-12,17,30H,4,9-10,13-14H2,1-3H3/t17-,27+/m1/s1. The van der Waals surface area contributed by atoms with E-state index in [4.69, 9.17) is 19.7 Å². The fourth-order valence-corrected chi connectivity index (χ4v) is 5.61. The molecule has 11 nitrogen and oxygen atoms in total. The van der Waals surface area contributed by atoms with Crippen molar-refractivity contribution in [1.29, 1.82) is 0 Å². The maximum absolute atomic E-state index is 13.3. The molecule has 1 aromatic heterocycles. The van der Waals surface area contributed by atoms with Gasteiger partial charge in [-0.1, -0.05) is 11.2 Å². The van der Waals surface area contributed by atoms with Gasteiger partial charge in [0.15, 0.2) is 11.5 Å². The molecule has 2 aromatic rings. The molecule has 2 fully saturated rings. The maximum atomic E-state index is 13.3. The monoisotopic (exact) mass is 517 g/mol. The van der Waals surface area contributed by atoms with Crippen molar-refractivity contribution in [3.63, 3.8) is 0 Å². The molecule has 1 saturated carbocycles. The van der Waals surface area contributed by atoms with Gasteiger partial charge in [-0.15, -0.1) is 0 Å². The zero-order valence-electron chi connectivity index (χ0n) is 21.3. The number of aryl methyl sites for hydroxylation is 1. The van der Waals surface area contributed by atoms with Crippen molar-refractivity contribution in [1.82, 2.24) is 9.88 Å². The highest BCUT2D eigenvalue weighted by atomic mass is 16.5. The lowest BCUT2D eigenvalue weighted by Gasteiger charge is -2.27. The van der Waals surface area contributed by atoms with Crippen LogP contribution in [-0.2, 0) is 14.9 Å². The maximum Gasteiger partial charge on any atom is 0.340 e. The third kappa shape index (κ3) is 4.01. The molecule has 38 heavy (non-hydrogen) atoms. The minimum atomic E-state index is -0.530. The molecule has 196 valence electrons. The van der Waals surface area contributed by atoms with E-state index in [1.54, 1.807) is 36.1 Å². The smallest absolute Gasteiger partial charge is 0.340 e. The first-order valence-electron chi connectivity index (χ1n) is 12.2. The van der Waals surface area contributed by atoms with Gasteiger partial charge in [0, 0.05) is 52.5 Å². The first-order chi connectivity index (χ1) is 18.3. The van der Waals surface area contributed by atoms with Gasteiger partial charge in [0.25, 0.3) is 5.91 Å². The van der Waals surface area contributed by atoms with Gasteiger partial charge in [-0.2, -0.15) is 0 Å². The number of fused-ring (bicyclic) bond motifs is 1. The number of rotatable bonds is 9. The van der Waals surface area contributed by atoms with Gasteiger partial charge in [-0.05, 0) is 55.0 Å².